The summed E-state index contributed by atoms with van der Waals surface area (Å²) in [5.74, 6) is 0.262. The average Bonchev–Trinajstić information content (AvgIpc) is 2.46. The van der Waals surface area contributed by atoms with E-state index in [4.69, 9.17) is 0 Å². The van der Waals surface area contributed by atoms with E-state index in [1.165, 1.54) is 5.56 Å². The number of carbonyl (C=O) groups excluding carboxylic acids is 1. The van der Waals surface area contributed by atoms with Crippen LogP contribution in [-0.4, -0.2) is 10.9 Å². The van der Waals surface area contributed by atoms with Crippen LogP contribution in [0.2, 0.25) is 0 Å². The first kappa shape index (κ1) is 13.3. The maximum atomic E-state index is 12.2. The number of hydrogen-bond acceptors (Lipinski definition) is 2. The molecule has 0 amide bonds. The summed E-state index contributed by atoms with van der Waals surface area (Å²) in [5.41, 5.74) is 1.59. The summed E-state index contributed by atoms with van der Waals surface area (Å²) in [6.07, 6.45) is 1.33. The lowest BCUT2D eigenvalue weighted by atomic mass is 9.89. The molecule has 19 heavy (non-hydrogen) atoms. The molecular weight excluding hydrogens is 236 g/mol. The highest BCUT2D eigenvalue weighted by atomic mass is 16.3. The largest absolute Gasteiger partial charge is 0.507 e. The Labute approximate surface area is 113 Å². The second kappa shape index (κ2) is 6.19. The minimum absolute atomic E-state index is 0.00574. The van der Waals surface area contributed by atoms with Gasteiger partial charge in [0, 0.05) is 6.42 Å². The van der Waals surface area contributed by atoms with Gasteiger partial charge >= 0.3 is 0 Å². The van der Waals surface area contributed by atoms with Gasteiger partial charge in [-0.2, -0.15) is 0 Å². The molecule has 0 bridgehead atoms. The molecule has 1 atom stereocenters. The van der Waals surface area contributed by atoms with E-state index in [0.717, 1.165) is 6.42 Å². The van der Waals surface area contributed by atoms with E-state index >= 15 is 0 Å². The number of para-hydroxylation sites is 1. The Morgan fingerprint density at radius 3 is 2.32 bits per heavy atom. The van der Waals surface area contributed by atoms with Crippen molar-refractivity contribution in [2.45, 2.75) is 25.7 Å². The highest BCUT2D eigenvalue weighted by Gasteiger charge is 2.17. The molecule has 2 rings (SSSR count). The van der Waals surface area contributed by atoms with E-state index in [-0.39, 0.29) is 17.5 Å². The van der Waals surface area contributed by atoms with Crippen molar-refractivity contribution in [2.75, 3.05) is 0 Å². The molecule has 1 N–H and O–H groups in total. The van der Waals surface area contributed by atoms with Crippen molar-refractivity contribution in [3.63, 3.8) is 0 Å². The first-order valence-corrected chi connectivity index (χ1v) is 6.58. The molecule has 0 radical (unpaired) electrons. The van der Waals surface area contributed by atoms with Crippen molar-refractivity contribution >= 4 is 5.78 Å². The van der Waals surface area contributed by atoms with Crippen molar-refractivity contribution in [1.82, 2.24) is 0 Å². The third kappa shape index (κ3) is 3.22. The predicted octanol–water partition coefficient (Wildman–Crippen LogP) is 4.16. The molecule has 2 aromatic rings. The molecule has 0 fully saturated rings. The lowest BCUT2D eigenvalue weighted by molar-refractivity contribution is 0.0970. The van der Waals surface area contributed by atoms with Gasteiger partial charge in [-0.15, -0.1) is 0 Å². The lowest BCUT2D eigenvalue weighted by Gasteiger charge is -2.14. The number of carbonyl (C=O) groups is 1. The molecule has 0 aromatic heterocycles. The number of phenolic OH excluding ortho intramolecular Hbond substituents is 1. The van der Waals surface area contributed by atoms with E-state index in [0.29, 0.717) is 12.0 Å². The van der Waals surface area contributed by atoms with Crippen LogP contribution >= 0.6 is 0 Å². The van der Waals surface area contributed by atoms with Crippen LogP contribution < -0.4 is 0 Å². The maximum absolute atomic E-state index is 12.2. The van der Waals surface area contributed by atoms with Gasteiger partial charge in [0.25, 0.3) is 0 Å². The maximum Gasteiger partial charge on any atom is 0.167 e. The SMILES string of the molecule is CCC(CC(=O)c1ccccc1O)c1ccccc1. The molecule has 0 spiro atoms. The number of hydrogen-bond donors (Lipinski definition) is 1. The second-order valence-electron chi connectivity index (χ2n) is 4.66. The zero-order chi connectivity index (χ0) is 13.7. The third-order valence-electron chi connectivity index (χ3n) is 3.40. The Balaban J connectivity index is 2.16. The standard InChI is InChI=1S/C17H18O2/c1-2-13(14-8-4-3-5-9-14)12-17(19)15-10-6-7-11-16(15)18/h3-11,13,18H,2,12H2,1H3. The molecule has 0 heterocycles. The van der Waals surface area contributed by atoms with Crippen LogP contribution in [0.1, 0.15) is 41.6 Å². The fourth-order valence-corrected chi connectivity index (χ4v) is 2.27. The van der Waals surface area contributed by atoms with Gasteiger partial charge in [0.15, 0.2) is 5.78 Å². The fraction of sp³-hybridized carbons (Fsp3) is 0.235. The van der Waals surface area contributed by atoms with E-state index in [9.17, 15) is 9.90 Å². The zero-order valence-corrected chi connectivity index (χ0v) is 11.0. The van der Waals surface area contributed by atoms with Crippen LogP contribution in [0.4, 0.5) is 0 Å². The first-order chi connectivity index (χ1) is 9.22. The van der Waals surface area contributed by atoms with Crippen LogP contribution in [-0.2, 0) is 0 Å². The minimum Gasteiger partial charge on any atom is -0.507 e. The molecule has 0 saturated heterocycles. The average molecular weight is 254 g/mol. The highest BCUT2D eigenvalue weighted by molar-refractivity contribution is 5.98. The Bertz CT molecular complexity index is 546. The fourth-order valence-electron chi connectivity index (χ4n) is 2.27. The quantitative estimate of drug-likeness (QED) is 0.813. The van der Waals surface area contributed by atoms with Gasteiger partial charge in [0.1, 0.15) is 5.75 Å². The van der Waals surface area contributed by atoms with E-state index < -0.39 is 0 Å². The molecule has 2 aromatic carbocycles. The number of Topliss-reactive ketones (excluding diaryl/α,β-unsaturated/α-hetero) is 1. The summed E-state index contributed by atoms with van der Waals surface area (Å²) < 4.78 is 0. The minimum atomic E-state index is -0.00574. The van der Waals surface area contributed by atoms with Crippen molar-refractivity contribution in [2.24, 2.45) is 0 Å². The molecule has 0 aliphatic carbocycles. The summed E-state index contributed by atoms with van der Waals surface area (Å²) in [7, 11) is 0. The molecule has 0 aliphatic rings. The smallest absolute Gasteiger partial charge is 0.167 e. The van der Waals surface area contributed by atoms with Crippen LogP contribution in [0.15, 0.2) is 54.6 Å². The van der Waals surface area contributed by atoms with E-state index in [2.05, 4.69) is 6.92 Å². The summed E-state index contributed by atoms with van der Waals surface area (Å²) in [5, 5.41) is 9.72. The van der Waals surface area contributed by atoms with Gasteiger partial charge in [-0.3, -0.25) is 4.79 Å². The van der Waals surface area contributed by atoms with Gasteiger partial charge in [-0.05, 0) is 30.0 Å². The Kier molecular flexibility index (Phi) is 4.35. The molecular formula is C17H18O2. The zero-order valence-electron chi connectivity index (χ0n) is 11.0. The third-order valence-corrected chi connectivity index (χ3v) is 3.40. The molecule has 98 valence electrons. The van der Waals surface area contributed by atoms with Crippen LogP contribution in [0.25, 0.3) is 0 Å². The summed E-state index contributed by atoms with van der Waals surface area (Å²) >= 11 is 0. The second-order valence-corrected chi connectivity index (χ2v) is 4.66. The molecule has 1 unspecified atom stereocenters. The van der Waals surface area contributed by atoms with Gasteiger partial charge in [-0.25, -0.2) is 0 Å². The Morgan fingerprint density at radius 1 is 1.05 bits per heavy atom. The molecule has 0 saturated carbocycles. The normalized spacial score (nSPS) is 12.1. The van der Waals surface area contributed by atoms with Crippen molar-refractivity contribution in [1.29, 1.82) is 0 Å². The highest BCUT2D eigenvalue weighted by Crippen LogP contribution is 2.27. The predicted molar refractivity (Wildman–Crippen MR) is 76.5 cm³/mol. The topological polar surface area (TPSA) is 37.3 Å². The molecule has 2 nitrogen and oxygen atoms in total. The molecule has 2 heteroatoms. The summed E-state index contributed by atoms with van der Waals surface area (Å²) in [4.78, 5) is 12.2. The first-order valence-electron chi connectivity index (χ1n) is 6.58. The van der Waals surface area contributed by atoms with E-state index in [1.807, 2.05) is 30.3 Å². The lowest BCUT2D eigenvalue weighted by Crippen LogP contribution is -2.07. The van der Waals surface area contributed by atoms with Crippen LogP contribution in [0, 0.1) is 0 Å². The Morgan fingerprint density at radius 2 is 1.68 bits per heavy atom. The van der Waals surface area contributed by atoms with Crippen molar-refractivity contribution < 1.29 is 9.90 Å². The van der Waals surface area contributed by atoms with E-state index in [1.54, 1.807) is 24.3 Å². The molecule has 0 aliphatic heterocycles. The van der Waals surface area contributed by atoms with Crippen molar-refractivity contribution in [3.05, 3.63) is 65.7 Å². The Hall–Kier alpha value is -2.09. The van der Waals surface area contributed by atoms with Crippen LogP contribution in [0.5, 0.6) is 5.75 Å². The van der Waals surface area contributed by atoms with Gasteiger partial charge in [-0.1, -0.05) is 49.4 Å². The van der Waals surface area contributed by atoms with Gasteiger partial charge in [0.05, 0.1) is 5.56 Å². The number of ketones is 1. The summed E-state index contributed by atoms with van der Waals surface area (Å²) in [6.45, 7) is 2.08. The number of phenols is 1. The van der Waals surface area contributed by atoms with Gasteiger partial charge < -0.3 is 5.11 Å². The van der Waals surface area contributed by atoms with Crippen LogP contribution in [0.3, 0.4) is 0 Å². The monoisotopic (exact) mass is 254 g/mol. The number of rotatable bonds is 5. The van der Waals surface area contributed by atoms with Gasteiger partial charge in [0.2, 0.25) is 0 Å². The van der Waals surface area contributed by atoms with Crippen molar-refractivity contribution in [3.8, 4) is 5.75 Å². The number of benzene rings is 2. The summed E-state index contributed by atoms with van der Waals surface area (Å²) in [6, 6.07) is 16.8. The number of aromatic hydroxyl groups is 1.